The minimum Gasteiger partial charge on any atom is -0.478 e. The van der Waals surface area contributed by atoms with Crippen molar-refractivity contribution in [3.8, 4) is 0 Å². The molecule has 0 unspecified atom stereocenters. The lowest BCUT2D eigenvalue weighted by Gasteiger charge is -2.26. The van der Waals surface area contributed by atoms with E-state index in [9.17, 15) is 4.79 Å². The van der Waals surface area contributed by atoms with Crippen LogP contribution in [0.2, 0.25) is 0 Å². The molecule has 1 rings (SSSR count). The van der Waals surface area contributed by atoms with Gasteiger partial charge in [0.25, 0.3) is 0 Å². The number of nitrogens with zero attached hydrogens (tertiary/aromatic N) is 1. The first kappa shape index (κ1) is 15.4. The van der Waals surface area contributed by atoms with Crippen LogP contribution in [0.25, 0.3) is 6.08 Å². The third-order valence-corrected chi connectivity index (χ3v) is 3.40. The minimum absolute atomic E-state index is 0.617. The molecule has 0 aliphatic heterocycles. The zero-order valence-corrected chi connectivity index (χ0v) is 12.0. The Balaban J connectivity index is 2.64. The first-order valence-electron chi connectivity index (χ1n) is 6.77. The molecule has 0 heterocycles. The summed E-state index contributed by atoms with van der Waals surface area (Å²) in [5.74, 6) is -0.919. The van der Waals surface area contributed by atoms with Crippen LogP contribution in [0.4, 0.5) is 0 Å². The van der Waals surface area contributed by atoms with Gasteiger partial charge in [0.2, 0.25) is 0 Å². The molecule has 3 heteroatoms. The van der Waals surface area contributed by atoms with Gasteiger partial charge in [-0.25, -0.2) is 4.79 Å². The van der Waals surface area contributed by atoms with Gasteiger partial charge in [0, 0.05) is 18.7 Å². The Morgan fingerprint density at radius 1 is 1.26 bits per heavy atom. The lowest BCUT2D eigenvalue weighted by Crippen LogP contribution is -2.29. The molecule has 0 saturated heterocycles. The predicted molar refractivity (Wildman–Crippen MR) is 78.9 cm³/mol. The van der Waals surface area contributed by atoms with Crippen molar-refractivity contribution in [2.24, 2.45) is 0 Å². The summed E-state index contributed by atoms with van der Waals surface area (Å²) in [7, 11) is 2.15. The highest BCUT2D eigenvalue weighted by molar-refractivity contribution is 5.85. The van der Waals surface area contributed by atoms with Gasteiger partial charge in [-0.1, -0.05) is 38.1 Å². The van der Waals surface area contributed by atoms with E-state index in [4.69, 9.17) is 5.11 Å². The number of carboxylic acids is 1. The molecule has 0 aromatic heterocycles. The Bertz CT molecular complexity index is 419. The topological polar surface area (TPSA) is 40.5 Å². The molecule has 0 bridgehead atoms. The number of carboxylic acid groups (broad SMARTS) is 1. The first-order valence-corrected chi connectivity index (χ1v) is 6.77. The number of hydrogen-bond acceptors (Lipinski definition) is 2. The lowest BCUT2D eigenvalue weighted by molar-refractivity contribution is -0.131. The van der Waals surface area contributed by atoms with Gasteiger partial charge in [-0.2, -0.15) is 0 Å². The lowest BCUT2D eigenvalue weighted by atomic mass is 10.1. The summed E-state index contributed by atoms with van der Waals surface area (Å²) in [5, 5.41) is 8.57. The second-order valence-electron chi connectivity index (χ2n) is 4.80. The molecule has 19 heavy (non-hydrogen) atoms. The number of benzene rings is 1. The SMILES string of the molecule is CCC(CC)N(C)Cc1ccc(C=CC(=O)O)cc1. The molecule has 0 spiro atoms. The van der Waals surface area contributed by atoms with E-state index in [1.165, 1.54) is 5.56 Å². The smallest absolute Gasteiger partial charge is 0.328 e. The largest absolute Gasteiger partial charge is 0.478 e. The van der Waals surface area contributed by atoms with Crippen molar-refractivity contribution in [3.05, 3.63) is 41.5 Å². The summed E-state index contributed by atoms with van der Waals surface area (Å²) >= 11 is 0. The molecule has 1 N–H and O–H groups in total. The second-order valence-corrected chi connectivity index (χ2v) is 4.80. The highest BCUT2D eigenvalue weighted by atomic mass is 16.4. The molecule has 1 aromatic rings. The van der Waals surface area contributed by atoms with Crippen molar-refractivity contribution in [1.29, 1.82) is 0 Å². The van der Waals surface area contributed by atoms with Crippen LogP contribution in [0.5, 0.6) is 0 Å². The summed E-state index contributed by atoms with van der Waals surface area (Å²) < 4.78 is 0. The van der Waals surface area contributed by atoms with E-state index in [-0.39, 0.29) is 0 Å². The number of carbonyl (C=O) groups is 1. The van der Waals surface area contributed by atoms with Gasteiger partial charge in [-0.15, -0.1) is 0 Å². The Hall–Kier alpha value is -1.61. The maximum Gasteiger partial charge on any atom is 0.328 e. The Morgan fingerprint density at radius 2 is 1.84 bits per heavy atom. The fourth-order valence-electron chi connectivity index (χ4n) is 2.23. The Kier molecular flexibility index (Phi) is 6.30. The molecule has 0 radical (unpaired) electrons. The standard InChI is InChI=1S/C16H23NO2/c1-4-15(5-2)17(3)12-14-8-6-13(7-9-14)10-11-16(18)19/h6-11,15H,4-5,12H2,1-3H3,(H,18,19). The van der Waals surface area contributed by atoms with Gasteiger partial charge in [0.1, 0.15) is 0 Å². The molecule has 0 fully saturated rings. The van der Waals surface area contributed by atoms with E-state index >= 15 is 0 Å². The van der Waals surface area contributed by atoms with Crippen LogP contribution < -0.4 is 0 Å². The fraction of sp³-hybridized carbons (Fsp3) is 0.438. The van der Waals surface area contributed by atoms with Crippen molar-refractivity contribution < 1.29 is 9.90 Å². The Morgan fingerprint density at radius 3 is 2.32 bits per heavy atom. The average molecular weight is 261 g/mol. The molecule has 0 aliphatic rings. The van der Waals surface area contributed by atoms with Gasteiger partial charge >= 0.3 is 5.97 Å². The van der Waals surface area contributed by atoms with E-state index in [1.54, 1.807) is 6.08 Å². The van der Waals surface area contributed by atoms with Crippen molar-refractivity contribution in [2.75, 3.05) is 7.05 Å². The first-order chi connectivity index (χ1) is 9.06. The third-order valence-electron chi connectivity index (χ3n) is 3.40. The maximum absolute atomic E-state index is 10.4. The van der Waals surface area contributed by atoms with Crippen LogP contribution >= 0.6 is 0 Å². The summed E-state index contributed by atoms with van der Waals surface area (Å²) in [6, 6.07) is 8.64. The average Bonchev–Trinajstić information content (AvgIpc) is 2.39. The molecule has 0 saturated carbocycles. The predicted octanol–water partition coefficient (Wildman–Crippen LogP) is 3.40. The minimum atomic E-state index is -0.919. The van der Waals surface area contributed by atoms with Crippen LogP contribution in [0.1, 0.15) is 37.8 Å². The number of rotatable bonds is 7. The maximum atomic E-state index is 10.4. The van der Waals surface area contributed by atoms with Gasteiger partial charge in [-0.05, 0) is 37.1 Å². The van der Waals surface area contributed by atoms with Crippen molar-refractivity contribution in [2.45, 2.75) is 39.3 Å². The summed E-state index contributed by atoms with van der Waals surface area (Å²) in [4.78, 5) is 12.8. The number of aliphatic carboxylic acids is 1. The summed E-state index contributed by atoms with van der Waals surface area (Å²) in [5.41, 5.74) is 2.17. The van der Waals surface area contributed by atoms with Gasteiger partial charge < -0.3 is 5.11 Å². The molecule has 0 amide bonds. The monoisotopic (exact) mass is 261 g/mol. The van der Waals surface area contributed by atoms with Crippen LogP contribution in [0.15, 0.2) is 30.3 Å². The van der Waals surface area contributed by atoms with Crippen LogP contribution in [0, 0.1) is 0 Å². The molecule has 3 nitrogen and oxygen atoms in total. The van der Waals surface area contributed by atoms with Gasteiger partial charge in [0.15, 0.2) is 0 Å². The number of hydrogen-bond donors (Lipinski definition) is 1. The van der Waals surface area contributed by atoms with E-state index in [1.807, 2.05) is 12.1 Å². The van der Waals surface area contributed by atoms with Crippen molar-refractivity contribution >= 4 is 12.0 Å². The highest BCUT2D eigenvalue weighted by Gasteiger charge is 2.10. The normalized spacial score (nSPS) is 11.6. The highest BCUT2D eigenvalue weighted by Crippen LogP contribution is 2.12. The molecular formula is C16H23NO2. The Labute approximate surface area is 115 Å². The molecular weight excluding hydrogens is 238 g/mol. The zero-order chi connectivity index (χ0) is 14.3. The van der Waals surface area contributed by atoms with E-state index in [2.05, 4.69) is 37.9 Å². The van der Waals surface area contributed by atoms with Gasteiger partial charge in [-0.3, -0.25) is 4.90 Å². The molecule has 0 aliphatic carbocycles. The third kappa shape index (κ3) is 5.26. The van der Waals surface area contributed by atoms with Crippen LogP contribution in [-0.2, 0) is 11.3 Å². The fourth-order valence-corrected chi connectivity index (χ4v) is 2.23. The van der Waals surface area contributed by atoms with Crippen LogP contribution in [-0.4, -0.2) is 29.1 Å². The van der Waals surface area contributed by atoms with Gasteiger partial charge in [0.05, 0.1) is 0 Å². The quantitative estimate of drug-likeness (QED) is 0.765. The second kappa shape index (κ2) is 7.74. The van der Waals surface area contributed by atoms with E-state index in [0.717, 1.165) is 31.0 Å². The van der Waals surface area contributed by atoms with Crippen molar-refractivity contribution in [3.63, 3.8) is 0 Å². The molecule has 0 atom stereocenters. The van der Waals surface area contributed by atoms with E-state index < -0.39 is 5.97 Å². The summed E-state index contributed by atoms with van der Waals surface area (Å²) in [6.07, 6.45) is 5.08. The zero-order valence-electron chi connectivity index (χ0n) is 12.0. The molecule has 1 aromatic carbocycles. The van der Waals surface area contributed by atoms with Crippen molar-refractivity contribution in [1.82, 2.24) is 4.90 Å². The summed E-state index contributed by atoms with van der Waals surface area (Å²) in [6.45, 7) is 5.35. The molecule has 104 valence electrons. The van der Waals surface area contributed by atoms with Crippen LogP contribution in [0.3, 0.4) is 0 Å². The van der Waals surface area contributed by atoms with E-state index in [0.29, 0.717) is 6.04 Å².